The van der Waals surface area contributed by atoms with E-state index < -0.39 is 9.84 Å². The Kier molecular flexibility index (Phi) is 8.94. The molecule has 3 nitrogen and oxygen atoms in total. The average Bonchev–Trinajstić information content (AvgIpc) is 2.15. The van der Waals surface area contributed by atoms with Crippen LogP contribution in [-0.4, -0.2) is 33.0 Å². The van der Waals surface area contributed by atoms with Gasteiger partial charge in [0.05, 0.1) is 5.75 Å². The quantitative estimate of drug-likeness (QED) is 0.604. The van der Waals surface area contributed by atoms with Crippen molar-refractivity contribution in [1.29, 1.82) is 0 Å². The highest BCUT2D eigenvalue weighted by Gasteiger charge is 2.07. The van der Waals surface area contributed by atoms with Gasteiger partial charge in [-0.15, -0.1) is 0 Å². The average molecular weight is 249 g/mol. The molecule has 0 atom stereocenters. The normalized spacial score (nSPS) is 12.2. The van der Waals surface area contributed by atoms with Crippen LogP contribution in [0.15, 0.2) is 0 Å². The highest BCUT2D eigenvalue weighted by Crippen LogP contribution is 2.01. The molecule has 0 aromatic heterocycles. The van der Waals surface area contributed by atoms with E-state index in [1.165, 1.54) is 0 Å². The molecule has 0 fully saturated rings. The Hall–Kier alpha value is -0.0900. The number of nitrogens with one attached hydrogen (secondary N) is 1. The van der Waals surface area contributed by atoms with Crippen molar-refractivity contribution in [3.05, 3.63) is 0 Å². The molecule has 0 amide bonds. The first-order valence-electron chi connectivity index (χ1n) is 6.39. The monoisotopic (exact) mass is 249 g/mol. The van der Waals surface area contributed by atoms with Gasteiger partial charge in [0, 0.05) is 5.75 Å². The van der Waals surface area contributed by atoms with Crippen molar-refractivity contribution < 1.29 is 8.42 Å². The second-order valence-corrected chi connectivity index (χ2v) is 7.11. The Labute approximate surface area is 101 Å². The summed E-state index contributed by atoms with van der Waals surface area (Å²) in [7, 11) is -2.76. The molecule has 0 aliphatic heterocycles. The lowest BCUT2D eigenvalue weighted by molar-refractivity contribution is 0.532. The largest absolute Gasteiger partial charge is 0.316 e. The zero-order valence-electron chi connectivity index (χ0n) is 11.0. The van der Waals surface area contributed by atoms with Gasteiger partial charge in [0.1, 0.15) is 9.84 Å². The van der Waals surface area contributed by atoms with Gasteiger partial charge in [0.15, 0.2) is 0 Å². The van der Waals surface area contributed by atoms with Crippen LogP contribution in [0.1, 0.15) is 46.5 Å². The Morgan fingerprint density at radius 3 is 2.31 bits per heavy atom. The minimum atomic E-state index is -2.76. The van der Waals surface area contributed by atoms with Crippen LogP contribution in [0.2, 0.25) is 0 Å². The maximum absolute atomic E-state index is 11.4. The van der Waals surface area contributed by atoms with Gasteiger partial charge in [-0.25, -0.2) is 8.42 Å². The molecule has 98 valence electrons. The van der Waals surface area contributed by atoms with Gasteiger partial charge in [-0.3, -0.25) is 0 Å². The summed E-state index contributed by atoms with van der Waals surface area (Å²) >= 11 is 0. The van der Waals surface area contributed by atoms with E-state index in [4.69, 9.17) is 0 Å². The van der Waals surface area contributed by atoms with Crippen molar-refractivity contribution in [2.24, 2.45) is 5.92 Å². The molecule has 0 heterocycles. The minimum Gasteiger partial charge on any atom is -0.316 e. The minimum absolute atomic E-state index is 0.346. The number of unbranched alkanes of at least 4 members (excludes halogenated alkanes) is 2. The molecule has 4 heteroatoms. The first kappa shape index (κ1) is 15.9. The highest BCUT2D eigenvalue weighted by molar-refractivity contribution is 7.91. The molecule has 0 aromatic carbocycles. The van der Waals surface area contributed by atoms with Crippen LogP contribution in [0.4, 0.5) is 0 Å². The van der Waals surface area contributed by atoms with Crippen LogP contribution in [0.25, 0.3) is 0 Å². The zero-order valence-corrected chi connectivity index (χ0v) is 11.8. The molecular formula is C12H27NO2S. The molecule has 0 bridgehead atoms. The lowest BCUT2D eigenvalue weighted by Gasteiger charge is -2.07. The van der Waals surface area contributed by atoms with E-state index in [2.05, 4.69) is 19.2 Å². The molecule has 0 aliphatic carbocycles. The van der Waals surface area contributed by atoms with Crippen LogP contribution in [0, 0.1) is 5.92 Å². The number of hydrogen-bond donors (Lipinski definition) is 1. The van der Waals surface area contributed by atoms with Crippen LogP contribution < -0.4 is 5.32 Å². The van der Waals surface area contributed by atoms with E-state index in [0.29, 0.717) is 17.4 Å². The summed E-state index contributed by atoms with van der Waals surface area (Å²) in [5.41, 5.74) is 0. The van der Waals surface area contributed by atoms with Gasteiger partial charge in [0.25, 0.3) is 0 Å². The Bertz CT molecular complexity index is 248. The summed E-state index contributed by atoms with van der Waals surface area (Å²) in [4.78, 5) is 0. The summed E-state index contributed by atoms with van der Waals surface area (Å²) in [5, 5.41) is 3.36. The zero-order chi connectivity index (χ0) is 12.4. The maximum atomic E-state index is 11.4. The molecular weight excluding hydrogens is 222 g/mol. The first-order valence-corrected chi connectivity index (χ1v) is 8.21. The SMILES string of the molecule is CCCS(=O)(=O)CCCCCNCC(C)C. The Morgan fingerprint density at radius 1 is 1.06 bits per heavy atom. The third kappa shape index (κ3) is 10.4. The van der Waals surface area contributed by atoms with Crippen molar-refractivity contribution in [2.45, 2.75) is 46.5 Å². The summed E-state index contributed by atoms with van der Waals surface area (Å²) in [6, 6.07) is 0. The van der Waals surface area contributed by atoms with Gasteiger partial charge >= 0.3 is 0 Å². The summed E-state index contributed by atoms with van der Waals surface area (Å²) in [6.45, 7) is 8.34. The van der Waals surface area contributed by atoms with E-state index in [0.717, 1.165) is 38.8 Å². The third-order valence-corrected chi connectivity index (χ3v) is 4.32. The molecule has 0 saturated heterocycles. The van der Waals surface area contributed by atoms with Crippen molar-refractivity contribution >= 4 is 9.84 Å². The fourth-order valence-electron chi connectivity index (χ4n) is 1.55. The lowest BCUT2D eigenvalue weighted by atomic mass is 10.2. The number of sulfone groups is 1. The van der Waals surface area contributed by atoms with Crippen LogP contribution in [0.3, 0.4) is 0 Å². The Morgan fingerprint density at radius 2 is 1.75 bits per heavy atom. The van der Waals surface area contributed by atoms with Crippen molar-refractivity contribution in [2.75, 3.05) is 24.6 Å². The molecule has 0 aliphatic rings. The van der Waals surface area contributed by atoms with Gasteiger partial charge in [-0.1, -0.05) is 27.2 Å². The summed E-state index contributed by atoms with van der Waals surface area (Å²) in [5.74, 6) is 1.40. The van der Waals surface area contributed by atoms with Gasteiger partial charge < -0.3 is 5.32 Å². The predicted octanol–water partition coefficient (Wildman–Crippen LogP) is 2.23. The van der Waals surface area contributed by atoms with E-state index in [-0.39, 0.29) is 0 Å². The van der Waals surface area contributed by atoms with E-state index >= 15 is 0 Å². The molecule has 0 rings (SSSR count). The smallest absolute Gasteiger partial charge is 0.150 e. The van der Waals surface area contributed by atoms with Crippen LogP contribution in [0.5, 0.6) is 0 Å². The van der Waals surface area contributed by atoms with Gasteiger partial charge in [0.2, 0.25) is 0 Å². The van der Waals surface area contributed by atoms with Crippen LogP contribution in [-0.2, 0) is 9.84 Å². The molecule has 0 unspecified atom stereocenters. The summed E-state index contributed by atoms with van der Waals surface area (Å²) < 4.78 is 22.8. The molecule has 16 heavy (non-hydrogen) atoms. The number of rotatable bonds is 10. The summed E-state index contributed by atoms with van der Waals surface area (Å²) in [6.07, 6.45) is 3.63. The fraction of sp³-hybridized carbons (Fsp3) is 1.00. The van der Waals surface area contributed by atoms with Crippen molar-refractivity contribution in [3.8, 4) is 0 Å². The molecule has 0 spiro atoms. The number of hydrogen-bond acceptors (Lipinski definition) is 3. The highest BCUT2D eigenvalue weighted by atomic mass is 32.2. The van der Waals surface area contributed by atoms with Crippen LogP contribution >= 0.6 is 0 Å². The predicted molar refractivity (Wildman–Crippen MR) is 70.5 cm³/mol. The van der Waals surface area contributed by atoms with Gasteiger partial charge in [-0.05, 0) is 38.3 Å². The molecule has 1 N–H and O–H groups in total. The van der Waals surface area contributed by atoms with Crippen molar-refractivity contribution in [3.63, 3.8) is 0 Å². The first-order chi connectivity index (χ1) is 7.48. The third-order valence-electron chi connectivity index (χ3n) is 2.38. The Balaban J connectivity index is 3.33. The molecule has 0 saturated carbocycles. The van der Waals surface area contributed by atoms with Crippen molar-refractivity contribution in [1.82, 2.24) is 5.32 Å². The van der Waals surface area contributed by atoms with E-state index in [9.17, 15) is 8.42 Å². The molecule has 0 radical (unpaired) electrons. The standard InChI is InChI=1S/C12H27NO2S/c1-4-9-16(14,15)10-7-5-6-8-13-11-12(2)3/h12-13H,4-11H2,1-3H3. The molecule has 0 aromatic rings. The van der Waals surface area contributed by atoms with E-state index in [1.807, 2.05) is 6.92 Å². The second-order valence-electron chi connectivity index (χ2n) is 4.81. The fourth-order valence-corrected chi connectivity index (χ4v) is 3.02. The van der Waals surface area contributed by atoms with E-state index in [1.54, 1.807) is 0 Å². The maximum Gasteiger partial charge on any atom is 0.150 e. The topological polar surface area (TPSA) is 46.2 Å². The second kappa shape index (κ2) is 8.99. The van der Waals surface area contributed by atoms with Gasteiger partial charge in [-0.2, -0.15) is 0 Å². The lowest BCUT2D eigenvalue weighted by Crippen LogP contribution is -2.20.